The topological polar surface area (TPSA) is 102 Å². The van der Waals surface area contributed by atoms with Crippen LogP contribution in [0.3, 0.4) is 0 Å². The number of hydrogen-bond donors (Lipinski definition) is 3. The number of carbonyl (C=O) groups is 2. The van der Waals surface area contributed by atoms with E-state index in [0.29, 0.717) is 5.69 Å². The van der Waals surface area contributed by atoms with Crippen molar-refractivity contribution in [1.29, 1.82) is 5.26 Å². The summed E-state index contributed by atoms with van der Waals surface area (Å²) in [6.45, 7) is 0.0663. The Hall–Kier alpha value is -2.39. The average Bonchev–Trinajstić information content (AvgIpc) is 2.60. The molecule has 23 heavy (non-hydrogen) atoms. The van der Waals surface area contributed by atoms with E-state index in [9.17, 15) is 14.7 Å². The highest BCUT2D eigenvalue weighted by Crippen LogP contribution is 2.26. The summed E-state index contributed by atoms with van der Waals surface area (Å²) < 4.78 is 0. The second-order valence-electron chi connectivity index (χ2n) is 5.79. The van der Waals surface area contributed by atoms with E-state index in [-0.39, 0.29) is 18.0 Å². The maximum absolute atomic E-state index is 11.9. The SMILES string of the molecule is N#Cc1ccccc1NC(=O)C(=O)NCC(O)C1CCCCC1. The first-order chi connectivity index (χ1) is 11.1. The lowest BCUT2D eigenvalue weighted by atomic mass is 9.85. The molecular formula is C17H21N3O3. The lowest BCUT2D eigenvalue weighted by molar-refractivity contribution is -0.136. The minimum Gasteiger partial charge on any atom is -0.391 e. The molecule has 1 aromatic carbocycles. The molecule has 0 aliphatic heterocycles. The molecule has 3 N–H and O–H groups in total. The van der Waals surface area contributed by atoms with Gasteiger partial charge in [0.25, 0.3) is 0 Å². The summed E-state index contributed by atoms with van der Waals surface area (Å²) >= 11 is 0. The Kier molecular flexibility index (Phi) is 6.12. The van der Waals surface area contributed by atoms with E-state index in [2.05, 4.69) is 10.6 Å². The largest absolute Gasteiger partial charge is 0.391 e. The van der Waals surface area contributed by atoms with Gasteiger partial charge in [-0.15, -0.1) is 0 Å². The smallest absolute Gasteiger partial charge is 0.313 e. The van der Waals surface area contributed by atoms with Crippen molar-refractivity contribution in [1.82, 2.24) is 5.32 Å². The third-order valence-electron chi connectivity index (χ3n) is 4.17. The number of nitriles is 1. The molecule has 0 radical (unpaired) electrons. The molecule has 1 aliphatic carbocycles. The van der Waals surface area contributed by atoms with E-state index in [1.165, 1.54) is 6.42 Å². The Morgan fingerprint density at radius 3 is 2.61 bits per heavy atom. The van der Waals surface area contributed by atoms with Crippen LogP contribution in [0.1, 0.15) is 37.7 Å². The van der Waals surface area contributed by atoms with Crippen molar-refractivity contribution < 1.29 is 14.7 Å². The molecule has 0 aromatic heterocycles. The van der Waals surface area contributed by atoms with Crippen molar-refractivity contribution in [2.45, 2.75) is 38.2 Å². The average molecular weight is 315 g/mol. The van der Waals surface area contributed by atoms with Gasteiger partial charge in [0, 0.05) is 6.54 Å². The molecule has 0 saturated heterocycles. The van der Waals surface area contributed by atoms with Crippen LogP contribution in [0.15, 0.2) is 24.3 Å². The van der Waals surface area contributed by atoms with Crippen LogP contribution >= 0.6 is 0 Å². The Morgan fingerprint density at radius 2 is 1.91 bits per heavy atom. The first-order valence-electron chi connectivity index (χ1n) is 7.88. The molecule has 0 spiro atoms. The van der Waals surface area contributed by atoms with Crippen LogP contribution in [-0.2, 0) is 9.59 Å². The fraction of sp³-hybridized carbons (Fsp3) is 0.471. The van der Waals surface area contributed by atoms with Gasteiger partial charge in [0.1, 0.15) is 6.07 Å². The lowest BCUT2D eigenvalue weighted by Crippen LogP contribution is -2.42. The van der Waals surface area contributed by atoms with Crippen LogP contribution in [-0.4, -0.2) is 29.6 Å². The third kappa shape index (κ3) is 4.80. The van der Waals surface area contributed by atoms with Gasteiger partial charge in [-0.2, -0.15) is 5.26 Å². The van der Waals surface area contributed by atoms with Gasteiger partial charge in [0.05, 0.1) is 17.4 Å². The van der Waals surface area contributed by atoms with E-state index in [1.807, 2.05) is 6.07 Å². The standard InChI is InChI=1S/C17H21N3O3/c18-10-13-8-4-5-9-14(13)20-17(23)16(22)19-11-15(21)12-6-2-1-3-7-12/h4-5,8-9,12,15,21H,1-3,6-7,11H2,(H,19,22)(H,20,23). The fourth-order valence-electron chi connectivity index (χ4n) is 2.83. The van der Waals surface area contributed by atoms with Crippen molar-refractivity contribution in [2.75, 3.05) is 11.9 Å². The molecule has 1 fully saturated rings. The van der Waals surface area contributed by atoms with E-state index in [1.54, 1.807) is 24.3 Å². The normalized spacial score (nSPS) is 16.2. The zero-order chi connectivity index (χ0) is 16.7. The lowest BCUT2D eigenvalue weighted by Gasteiger charge is -2.26. The van der Waals surface area contributed by atoms with E-state index >= 15 is 0 Å². The van der Waals surface area contributed by atoms with Crippen molar-refractivity contribution >= 4 is 17.5 Å². The van der Waals surface area contributed by atoms with Gasteiger partial charge in [-0.3, -0.25) is 9.59 Å². The molecular weight excluding hydrogens is 294 g/mol. The highest BCUT2D eigenvalue weighted by Gasteiger charge is 2.23. The number of benzene rings is 1. The van der Waals surface area contributed by atoms with Gasteiger partial charge in [0.15, 0.2) is 0 Å². The summed E-state index contributed by atoms with van der Waals surface area (Å²) in [7, 11) is 0. The Labute approximate surface area is 135 Å². The van der Waals surface area contributed by atoms with Crippen molar-refractivity contribution in [3.05, 3.63) is 29.8 Å². The van der Waals surface area contributed by atoms with E-state index in [0.717, 1.165) is 25.7 Å². The van der Waals surface area contributed by atoms with E-state index in [4.69, 9.17) is 5.26 Å². The first kappa shape index (κ1) is 17.0. The van der Waals surface area contributed by atoms with Crippen LogP contribution < -0.4 is 10.6 Å². The number of carbonyl (C=O) groups excluding carboxylic acids is 2. The molecule has 6 nitrogen and oxygen atoms in total. The predicted octanol–water partition coefficient (Wildman–Crippen LogP) is 1.55. The van der Waals surface area contributed by atoms with Crippen LogP contribution in [0, 0.1) is 17.2 Å². The number of para-hydroxylation sites is 1. The summed E-state index contributed by atoms with van der Waals surface area (Å²) in [6.07, 6.45) is 4.68. The predicted molar refractivity (Wildman–Crippen MR) is 85.4 cm³/mol. The number of rotatable bonds is 4. The molecule has 0 heterocycles. The highest BCUT2D eigenvalue weighted by molar-refractivity contribution is 6.39. The minimum absolute atomic E-state index is 0.0663. The molecule has 0 bridgehead atoms. The van der Waals surface area contributed by atoms with E-state index < -0.39 is 17.9 Å². The number of amides is 2. The fourth-order valence-corrected chi connectivity index (χ4v) is 2.83. The molecule has 1 saturated carbocycles. The summed E-state index contributed by atoms with van der Waals surface area (Å²) in [4.78, 5) is 23.7. The maximum Gasteiger partial charge on any atom is 0.313 e. The number of aliphatic hydroxyl groups is 1. The molecule has 2 amide bonds. The van der Waals surface area contributed by atoms with Crippen LogP contribution in [0.2, 0.25) is 0 Å². The zero-order valence-corrected chi connectivity index (χ0v) is 12.9. The number of nitrogens with one attached hydrogen (secondary N) is 2. The van der Waals surface area contributed by atoms with Crippen LogP contribution in [0.25, 0.3) is 0 Å². The van der Waals surface area contributed by atoms with Crippen LogP contribution in [0.4, 0.5) is 5.69 Å². The monoisotopic (exact) mass is 315 g/mol. The number of hydrogen-bond acceptors (Lipinski definition) is 4. The molecule has 1 atom stereocenters. The number of aliphatic hydroxyl groups excluding tert-OH is 1. The molecule has 1 aromatic rings. The zero-order valence-electron chi connectivity index (χ0n) is 12.9. The summed E-state index contributed by atoms with van der Waals surface area (Å²) in [5, 5.41) is 23.9. The van der Waals surface area contributed by atoms with Crippen molar-refractivity contribution in [2.24, 2.45) is 5.92 Å². The molecule has 2 rings (SSSR count). The molecule has 122 valence electrons. The first-order valence-corrected chi connectivity index (χ1v) is 7.88. The Balaban J connectivity index is 1.83. The van der Waals surface area contributed by atoms with Crippen molar-refractivity contribution in [3.63, 3.8) is 0 Å². The maximum atomic E-state index is 11.9. The molecule has 1 aliphatic rings. The van der Waals surface area contributed by atoms with Gasteiger partial charge in [-0.1, -0.05) is 31.4 Å². The third-order valence-corrected chi connectivity index (χ3v) is 4.17. The highest BCUT2D eigenvalue weighted by atomic mass is 16.3. The molecule has 6 heteroatoms. The second-order valence-corrected chi connectivity index (χ2v) is 5.79. The van der Waals surface area contributed by atoms with Gasteiger partial charge in [0.2, 0.25) is 0 Å². The summed E-state index contributed by atoms with van der Waals surface area (Å²) in [5.74, 6) is -1.47. The number of anilines is 1. The van der Waals surface area contributed by atoms with Gasteiger partial charge in [-0.25, -0.2) is 0 Å². The minimum atomic E-state index is -0.844. The summed E-state index contributed by atoms with van der Waals surface area (Å²) in [5.41, 5.74) is 0.582. The Morgan fingerprint density at radius 1 is 1.22 bits per heavy atom. The van der Waals surface area contributed by atoms with Gasteiger partial charge in [-0.05, 0) is 30.9 Å². The molecule has 1 unspecified atom stereocenters. The van der Waals surface area contributed by atoms with Gasteiger partial charge < -0.3 is 15.7 Å². The van der Waals surface area contributed by atoms with Crippen LogP contribution in [0.5, 0.6) is 0 Å². The summed E-state index contributed by atoms with van der Waals surface area (Å²) in [6, 6.07) is 8.40. The Bertz CT molecular complexity index is 603. The second kappa shape index (κ2) is 8.30. The van der Waals surface area contributed by atoms with Crippen molar-refractivity contribution in [3.8, 4) is 6.07 Å². The number of nitrogens with zero attached hydrogens (tertiary/aromatic N) is 1. The van der Waals surface area contributed by atoms with Gasteiger partial charge >= 0.3 is 11.8 Å². The quantitative estimate of drug-likeness (QED) is 0.734.